The number of aromatic nitrogens is 3. The lowest BCUT2D eigenvalue weighted by molar-refractivity contribution is 0.209. The molecule has 3 aromatic rings. The summed E-state index contributed by atoms with van der Waals surface area (Å²) < 4.78 is 30.1. The molecule has 1 saturated carbocycles. The van der Waals surface area contributed by atoms with Gasteiger partial charge in [-0.25, -0.2) is 23.7 Å². The molecule has 1 aromatic carbocycles. The van der Waals surface area contributed by atoms with E-state index in [1.54, 1.807) is 0 Å². The first kappa shape index (κ1) is 24.9. The molecule has 1 spiro atoms. The van der Waals surface area contributed by atoms with Crippen LogP contribution in [0.1, 0.15) is 52.0 Å². The van der Waals surface area contributed by atoms with Crippen LogP contribution in [-0.2, 0) is 5.41 Å². The van der Waals surface area contributed by atoms with Crippen molar-refractivity contribution in [1.82, 2.24) is 19.9 Å². The number of anilines is 3. The smallest absolute Gasteiger partial charge is 0.229 e. The number of halogens is 2. The van der Waals surface area contributed by atoms with Gasteiger partial charge in [0, 0.05) is 48.9 Å². The fraction of sp³-hybridized carbons (Fsp3) is 0.448. The van der Waals surface area contributed by atoms with Crippen LogP contribution in [0, 0.1) is 11.6 Å². The maximum Gasteiger partial charge on any atom is 0.229 e. The topological polar surface area (TPSA) is 69.5 Å². The third-order valence-corrected chi connectivity index (χ3v) is 8.42. The third-order valence-electron chi connectivity index (χ3n) is 8.42. The number of pyridine rings is 1. The van der Waals surface area contributed by atoms with Crippen molar-refractivity contribution in [3.8, 4) is 11.3 Å². The van der Waals surface area contributed by atoms with Gasteiger partial charge in [0.05, 0.1) is 18.1 Å². The fourth-order valence-electron chi connectivity index (χ4n) is 6.18. The van der Waals surface area contributed by atoms with Gasteiger partial charge >= 0.3 is 0 Å². The van der Waals surface area contributed by atoms with E-state index < -0.39 is 11.6 Å². The molecule has 3 aliphatic rings. The molecule has 1 N–H and O–H groups in total. The zero-order valence-electron chi connectivity index (χ0n) is 22.1. The van der Waals surface area contributed by atoms with Gasteiger partial charge in [0.1, 0.15) is 23.0 Å². The number of fused-ring (bicyclic) bond motifs is 2. The van der Waals surface area contributed by atoms with Gasteiger partial charge in [-0.3, -0.25) is 9.89 Å². The average Bonchev–Trinajstić information content (AvgIpc) is 3.52. The Kier molecular flexibility index (Phi) is 6.34. The van der Waals surface area contributed by atoms with Crippen LogP contribution in [0.15, 0.2) is 41.7 Å². The minimum atomic E-state index is -0.602. The van der Waals surface area contributed by atoms with Gasteiger partial charge in [0.15, 0.2) is 5.82 Å². The average molecular weight is 518 g/mol. The summed E-state index contributed by atoms with van der Waals surface area (Å²) in [6.45, 7) is 10.4. The summed E-state index contributed by atoms with van der Waals surface area (Å²) in [7, 11) is 0. The Balaban J connectivity index is 1.22. The molecule has 198 valence electrons. The number of nitrogens with one attached hydrogen (secondary N) is 1. The Morgan fingerprint density at radius 2 is 1.71 bits per heavy atom. The first-order valence-electron chi connectivity index (χ1n) is 13.5. The van der Waals surface area contributed by atoms with Gasteiger partial charge in [0.2, 0.25) is 5.95 Å². The van der Waals surface area contributed by atoms with E-state index in [9.17, 15) is 4.39 Å². The van der Waals surface area contributed by atoms with Crippen molar-refractivity contribution in [3.63, 3.8) is 0 Å². The molecule has 2 fully saturated rings. The van der Waals surface area contributed by atoms with E-state index in [1.807, 2.05) is 31.3 Å². The molecule has 0 unspecified atom stereocenters. The lowest BCUT2D eigenvalue weighted by Crippen LogP contribution is -2.48. The van der Waals surface area contributed by atoms with E-state index in [0.29, 0.717) is 23.1 Å². The summed E-state index contributed by atoms with van der Waals surface area (Å²) in [6.07, 6.45) is 6.98. The number of rotatable bonds is 5. The highest BCUT2D eigenvalue weighted by Crippen LogP contribution is 2.52. The number of nitrogens with zero attached hydrogens (tertiary/aromatic N) is 6. The fourth-order valence-corrected chi connectivity index (χ4v) is 6.18. The molecule has 2 aliphatic heterocycles. The first-order valence-corrected chi connectivity index (χ1v) is 13.5. The Morgan fingerprint density at radius 1 is 0.947 bits per heavy atom. The van der Waals surface area contributed by atoms with Gasteiger partial charge in [-0.15, -0.1) is 0 Å². The van der Waals surface area contributed by atoms with Crippen LogP contribution in [0.5, 0.6) is 0 Å². The van der Waals surface area contributed by atoms with Crippen LogP contribution >= 0.6 is 0 Å². The Bertz CT molecular complexity index is 1370. The van der Waals surface area contributed by atoms with Crippen LogP contribution in [0.2, 0.25) is 0 Å². The van der Waals surface area contributed by atoms with E-state index in [-0.39, 0.29) is 17.1 Å². The van der Waals surface area contributed by atoms with E-state index in [1.165, 1.54) is 6.07 Å². The molecule has 2 aromatic heterocycles. The SMILES string of the molecule is CC1=Nc2c(F)cc(-c3nc(Nc4ccc(N5CCN(C(C)C)CC5)cn4)ncc3F)cc2C12CCCC2. The Labute approximate surface area is 222 Å². The molecule has 4 heterocycles. The minimum absolute atomic E-state index is 0.0570. The molecular formula is C29H33F2N7. The normalized spacial score (nSPS) is 18.8. The largest absolute Gasteiger partial charge is 0.368 e. The van der Waals surface area contributed by atoms with Crippen LogP contribution in [-0.4, -0.2) is 57.8 Å². The Morgan fingerprint density at radius 3 is 2.39 bits per heavy atom. The third kappa shape index (κ3) is 4.32. The summed E-state index contributed by atoms with van der Waals surface area (Å²) in [6, 6.07) is 7.63. The number of aliphatic imine (C=N–C) groups is 1. The monoisotopic (exact) mass is 517 g/mol. The van der Waals surface area contributed by atoms with Crippen molar-refractivity contribution >= 4 is 28.9 Å². The lowest BCUT2D eigenvalue weighted by Gasteiger charge is -2.38. The number of hydrogen-bond donors (Lipinski definition) is 1. The molecule has 9 heteroatoms. The minimum Gasteiger partial charge on any atom is -0.368 e. The van der Waals surface area contributed by atoms with Crippen molar-refractivity contribution < 1.29 is 8.78 Å². The molecule has 0 amide bonds. The van der Waals surface area contributed by atoms with Gasteiger partial charge in [0.25, 0.3) is 0 Å². The molecule has 0 bridgehead atoms. The highest BCUT2D eigenvalue weighted by molar-refractivity contribution is 6.01. The highest BCUT2D eigenvalue weighted by Gasteiger charge is 2.44. The summed E-state index contributed by atoms with van der Waals surface area (Å²) in [5.41, 5.74) is 3.45. The standard InChI is InChI=1S/C29H33F2N7/c1-18(2)37-10-12-38(13-11-37)21-6-7-25(32-16-21)35-28-33-17-24(31)26(36-28)20-14-22-27(23(30)15-20)34-19(3)29(22)8-4-5-9-29/h6-7,14-18H,4-5,8-13H2,1-3H3,(H,32,33,35,36). The maximum absolute atomic E-state index is 15.2. The van der Waals surface area contributed by atoms with Gasteiger partial charge in [-0.1, -0.05) is 12.8 Å². The second kappa shape index (κ2) is 9.69. The summed E-state index contributed by atoms with van der Waals surface area (Å²) in [5.74, 6) is -0.285. The summed E-state index contributed by atoms with van der Waals surface area (Å²) in [4.78, 5) is 22.4. The van der Waals surface area contributed by atoms with Gasteiger partial charge in [-0.05, 0) is 63.4 Å². The second-order valence-corrected chi connectivity index (χ2v) is 10.9. The molecule has 6 rings (SSSR count). The van der Waals surface area contributed by atoms with Crippen LogP contribution in [0.25, 0.3) is 11.3 Å². The molecular weight excluding hydrogens is 484 g/mol. The number of piperazine rings is 1. The van der Waals surface area contributed by atoms with Crippen molar-refractivity contribution in [2.24, 2.45) is 4.99 Å². The van der Waals surface area contributed by atoms with Crippen LogP contribution in [0.4, 0.5) is 31.9 Å². The molecule has 1 aliphatic carbocycles. The second-order valence-electron chi connectivity index (χ2n) is 10.9. The van der Waals surface area contributed by atoms with Gasteiger partial charge in [-0.2, -0.15) is 0 Å². The molecule has 1 saturated heterocycles. The molecule has 0 radical (unpaired) electrons. The van der Waals surface area contributed by atoms with Crippen molar-refractivity contribution in [1.29, 1.82) is 0 Å². The Hall–Kier alpha value is -3.46. The predicted molar refractivity (Wildman–Crippen MR) is 147 cm³/mol. The van der Waals surface area contributed by atoms with Crippen LogP contribution < -0.4 is 10.2 Å². The lowest BCUT2D eigenvalue weighted by atomic mass is 9.76. The zero-order valence-corrected chi connectivity index (χ0v) is 22.1. The zero-order chi connectivity index (χ0) is 26.4. The van der Waals surface area contributed by atoms with Crippen molar-refractivity contribution in [3.05, 3.63) is 53.9 Å². The van der Waals surface area contributed by atoms with Crippen LogP contribution in [0.3, 0.4) is 0 Å². The van der Waals surface area contributed by atoms with E-state index in [0.717, 1.165) is 75.0 Å². The molecule has 0 atom stereocenters. The van der Waals surface area contributed by atoms with E-state index in [2.05, 4.69) is 48.9 Å². The maximum atomic E-state index is 15.2. The predicted octanol–water partition coefficient (Wildman–Crippen LogP) is 6.01. The molecule has 38 heavy (non-hydrogen) atoms. The quantitative estimate of drug-likeness (QED) is 0.447. The van der Waals surface area contributed by atoms with Gasteiger partial charge < -0.3 is 10.2 Å². The summed E-state index contributed by atoms with van der Waals surface area (Å²) in [5, 5.41) is 3.07. The number of hydrogen-bond acceptors (Lipinski definition) is 7. The van der Waals surface area contributed by atoms with E-state index >= 15 is 4.39 Å². The van der Waals surface area contributed by atoms with E-state index in [4.69, 9.17) is 0 Å². The highest BCUT2D eigenvalue weighted by atomic mass is 19.1. The first-order chi connectivity index (χ1) is 18.3. The molecule has 7 nitrogen and oxygen atoms in total. The number of benzene rings is 1. The summed E-state index contributed by atoms with van der Waals surface area (Å²) >= 11 is 0. The van der Waals surface area contributed by atoms with Crippen molar-refractivity contribution in [2.45, 2.75) is 57.9 Å². The van der Waals surface area contributed by atoms with Crippen molar-refractivity contribution in [2.75, 3.05) is 36.4 Å².